The van der Waals surface area contributed by atoms with E-state index in [1.54, 1.807) is 25.3 Å². The van der Waals surface area contributed by atoms with Gasteiger partial charge in [-0.15, -0.1) is 0 Å². The lowest BCUT2D eigenvalue weighted by Crippen LogP contribution is -2.45. The monoisotopic (exact) mass is 213 g/mol. The lowest BCUT2D eigenvalue weighted by Gasteiger charge is -2.19. The highest BCUT2D eigenvalue weighted by Gasteiger charge is 2.23. The van der Waals surface area contributed by atoms with Gasteiger partial charge in [0.1, 0.15) is 11.8 Å². The molecule has 0 saturated heterocycles. The fraction of sp³-hybridized carbons (Fsp3) is 0.500. The van der Waals surface area contributed by atoms with Crippen LogP contribution < -0.4 is 5.32 Å². The number of furan rings is 1. The Kier molecular flexibility index (Phi) is 4.33. The number of aliphatic carboxylic acids is 1. The first-order valence-electron chi connectivity index (χ1n) is 4.66. The van der Waals surface area contributed by atoms with Crippen LogP contribution >= 0.6 is 0 Å². The van der Waals surface area contributed by atoms with Gasteiger partial charge in [0, 0.05) is 7.11 Å². The fourth-order valence-electron chi connectivity index (χ4n) is 1.21. The first kappa shape index (κ1) is 11.7. The highest BCUT2D eigenvalue weighted by Crippen LogP contribution is 2.03. The van der Waals surface area contributed by atoms with Crippen molar-refractivity contribution in [2.75, 3.05) is 7.11 Å². The molecule has 0 radical (unpaired) electrons. The van der Waals surface area contributed by atoms with E-state index >= 15 is 0 Å². The van der Waals surface area contributed by atoms with E-state index in [1.807, 2.05) is 0 Å². The summed E-state index contributed by atoms with van der Waals surface area (Å²) in [6.07, 6.45) is 1.16. The van der Waals surface area contributed by atoms with Gasteiger partial charge in [0.2, 0.25) is 0 Å². The standard InChI is InChI=1S/C10H15NO4/c1-7(14-2)9(10(12)13)11-6-8-4-3-5-15-8/h3-5,7,9,11H,6H2,1-2H3,(H,12,13). The van der Waals surface area contributed by atoms with Gasteiger partial charge in [0.25, 0.3) is 0 Å². The molecule has 1 rings (SSSR count). The van der Waals surface area contributed by atoms with Crippen molar-refractivity contribution in [3.05, 3.63) is 24.2 Å². The summed E-state index contributed by atoms with van der Waals surface area (Å²) in [5, 5.41) is 11.8. The van der Waals surface area contributed by atoms with Crippen LogP contribution in [0.1, 0.15) is 12.7 Å². The second-order valence-corrected chi connectivity index (χ2v) is 3.22. The van der Waals surface area contributed by atoms with Gasteiger partial charge in [-0.25, -0.2) is 0 Å². The second-order valence-electron chi connectivity index (χ2n) is 3.22. The molecule has 15 heavy (non-hydrogen) atoms. The molecule has 1 aromatic rings. The van der Waals surface area contributed by atoms with E-state index in [4.69, 9.17) is 14.3 Å². The van der Waals surface area contributed by atoms with Gasteiger partial charge in [-0.3, -0.25) is 10.1 Å². The van der Waals surface area contributed by atoms with Crippen LogP contribution in [0.3, 0.4) is 0 Å². The number of nitrogens with one attached hydrogen (secondary N) is 1. The van der Waals surface area contributed by atoms with Crippen molar-refractivity contribution in [3.8, 4) is 0 Å². The van der Waals surface area contributed by atoms with Crippen LogP contribution in [-0.4, -0.2) is 30.3 Å². The summed E-state index contributed by atoms with van der Waals surface area (Å²) >= 11 is 0. The Hall–Kier alpha value is -1.33. The Labute approximate surface area is 88.0 Å². The van der Waals surface area contributed by atoms with Gasteiger partial charge < -0.3 is 14.3 Å². The fourth-order valence-corrected chi connectivity index (χ4v) is 1.21. The molecule has 5 heteroatoms. The highest BCUT2D eigenvalue weighted by molar-refractivity contribution is 5.74. The second kappa shape index (κ2) is 5.53. The third-order valence-corrected chi connectivity index (χ3v) is 2.18. The van der Waals surface area contributed by atoms with Crippen LogP contribution in [-0.2, 0) is 16.1 Å². The molecule has 0 aliphatic rings. The van der Waals surface area contributed by atoms with E-state index in [1.165, 1.54) is 7.11 Å². The number of methoxy groups -OCH3 is 1. The van der Waals surface area contributed by atoms with Crippen LogP contribution in [0.25, 0.3) is 0 Å². The molecule has 0 spiro atoms. The molecule has 2 unspecified atom stereocenters. The Bertz CT molecular complexity index is 296. The van der Waals surface area contributed by atoms with Gasteiger partial charge in [-0.05, 0) is 19.1 Å². The van der Waals surface area contributed by atoms with E-state index in [9.17, 15) is 4.79 Å². The summed E-state index contributed by atoms with van der Waals surface area (Å²) in [7, 11) is 1.48. The number of ether oxygens (including phenoxy) is 1. The maximum Gasteiger partial charge on any atom is 0.323 e. The molecule has 1 aromatic heterocycles. The number of carbonyl (C=O) groups is 1. The summed E-state index contributed by atoms with van der Waals surface area (Å²) in [5.41, 5.74) is 0. The number of carboxylic acids is 1. The van der Waals surface area contributed by atoms with Gasteiger partial charge in [0.05, 0.1) is 18.9 Å². The van der Waals surface area contributed by atoms with Crippen molar-refractivity contribution in [1.82, 2.24) is 5.32 Å². The zero-order chi connectivity index (χ0) is 11.3. The summed E-state index contributed by atoms with van der Waals surface area (Å²) in [6, 6.07) is 2.80. The smallest absolute Gasteiger partial charge is 0.323 e. The zero-order valence-corrected chi connectivity index (χ0v) is 8.77. The molecule has 0 aliphatic carbocycles. The van der Waals surface area contributed by atoms with E-state index in [-0.39, 0.29) is 0 Å². The average molecular weight is 213 g/mol. The molecule has 0 amide bonds. The molecule has 5 nitrogen and oxygen atoms in total. The average Bonchev–Trinajstić information content (AvgIpc) is 2.70. The van der Waals surface area contributed by atoms with Crippen molar-refractivity contribution >= 4 is 5.97 Å². The maximum absolute atomic E-state index is 10.9. The predicted molar refractivity (Wildman–Crippen MR) is 53.4 cm³/mol. The van der Waals surface area contributed by atoms with E-state index in [0.717, 1.165) is 0 Å². The number of carboxylic acid groups (broad SMARTS) is 1. The SMILES string of the molecule is COC(C)C(NCc1ccco1)C(=O)O. The molecular formula is C10H15NO4. The number of hydrogen-bond acceptors (Lipinski definition) is 4. The minimum atomic E-state index is -0.934. The van der Waals surface area contributed by atoms with E-state index < -0.39 is 18.1 Å². The number of rotatable bonds is 6. The maximum atomic E-state index is 10.9. The first-order valence-corrected chi connectivity index (χ1v) is 4.66. The predicted octanol–water partition coefficient (Wildman–Crippen LogP) is 0.857. The zero-order valence-electron chi connectivity index (χ0n) is 8.77. The normalized spacial score (nSPS) is 14.8. The van der Waals surface area contributed by atoms with Crippen molar-refractivity contribution in [2.45, 2.75) is 25.6 Å². The van der Waals surface area contributed by atoms with Crippen molar-refractivity contribution < 1.29 is 19.1 Å². The van der Waals surface area contributed by atoms with Crippen LogP contribution in [0.2, 0.25) is 0 Å². The minimum Gasteiger partial charge on any atom is -0.480 e. The Morgan fingerprint density at radius 1 is 1.73 bits per heavy atom. The van der Waals surface area contributed by atoms with Crippen LogP contribution in [0.15, 0.2) is 22.8 Å². The Morgan fingerprint density at radius 3 is 2.93 bits per heavy atom. The van der Waals surface area contributed by atoms with Gasteiger partial charge in [-0.2, -0.15) is 0 Å². The lowest BCUT2D eigenvalue weighted by atomic mass is 10.2. The van der Waals surface area contributed by atoms with Crippen molar-refractivity contribution in [1.29, 1.82) is 0 Å². The molecular weight excluding hydrogens is 198 g/mol. The van der Waals surface area contributed by atoms with Crippen LogP contribution in [0.4, 0.5) is 0 Å². The van der Waals surface area contributed by atoms with Crippen molar-refractivity contribution in [3.63, 3.8) is 0 Å². The summed E-state index contributed by atoms with van der Waals surface area (Å²) in [4.78, 5) is 10.9. The summed E-state index contributed by atoms with van der Waals surface area (Å²) < 4.78 is 10.1. The lowest BCUT2D eigenvalue weighted by molar-refractivity contribution is -0.142. The quantitative estimate of drug-likeness (QED) is 0.733. The van der Waals surface area contributed by atoms with E-state index in [2.05, 4.69) is 5.32 Å². The van der Waals surface area contributed by atoms with E-state index in [0.29, 0.717) is 12.3 Å². The number of hydrogen-bond donors (Lipinski definition) is 2. The first-order chi connectivity index (χ1) is 7.15. The Morgan fingerprint density at radius 2 is 2.47 bits per heavy atom. The largest absolute Gasteiger partial charge is 0.480 e. The molecule has 0 saturated carbocycles. The molecule has 1 heterocycles. The summed E-state index contributed by atoms with van der Waals surface area (Å²) in [5.74, 6) is -0.236. The summed E-state index contributed by atoms with van der Waals surface area (Å²) in [6.45, 7) is 2.07. The van der Waals surface area contributed by atoms with Gasteiger partial charge in [0.15, 0.2) is 0 Å². The van der Waals surface area contributed by atoms with Crippen LogP contribution in [0, 0.1) is 0 Å². The third-order valence-electron chi connectivity index (χ3n) is 2.18. The minimum absolute atomic E-state index is 0.373. The van der Waals surface area contributed by atoms with Crippen LogP contribution in [0.5, 0.6) is 0 Å². The topological polar surface area (TPSA) is 71.7 Å². The molecule has 0 fully saturated rings. The van der Waals surface area contributed by atoms with Crippen molar-refractivity contribution in [2.24, 2.45) is 0 Å². The molecule has 0 aliphatic heterocycles. The Balaban J connectivity index is 2.48. The highest BCUT2D eigenvalue weighted by atomic mass is 16.5. The molecule has 2 N–H and O–H groups in total. The van der Waals surface area contributed by atoms with Gasteiger partial charge >= 0.3 is 5.97 Å². The van der Waals surface area contributed by atoms with Gasteiger partial charge in [-0.1, -0.05) is 0 Å². The third kappa shape index (κ3) is 3.38. The molecule has 2 atom stereocenters. The molecule has 0 bridgehead atoms. The molecule has 0 aromatic carbocycles. The molecule has 84 valence electrons.